The number of hydrogen-bond acceptors (Lipinski definition) is 4. The van der Waals surface area contributed by atoms with Crippen LogP contribution in [0.2, 0.25) is 5.02 Å². The van der Waals surface area contributed by atoms with Gasteiger partial charge in [-0.3, -0.25) is 19.3 Å². The minimum absolute atomic E-state index is 0.0401. The van der Waals surface area contributed by atoms with E-state index in [2.05, 4.69) is 10.3 Å². The summed E-state index contributed by atoms with van der Waals surface area (Å²) >= 11 is 5.79. The van der Waals surface area contributed by atoms with E-state index in [-0.39, 0.29) is 17.9 Å². The summed E-state index contributed by atoms with van der Waals surface area (Å²) < 4.78 is 0. The molecule has 2 aromatic rings. The first kappa shape index (κ1) is 17.7. The maximum absolute atomic E-state index is 12.8. The number of fused-ring (bicyclic) bond motifs is 1. The van der Waals surface area contributed by atoms with Crippen LogP contribution in [0.4, 0.5) is 5.82 Å². The van der Waals surface area contributed by atoms with Crippen LogP contribution in [-0.4, -0.2) is 33.6 Å². The number of anilines is 1. The highest BCUT2D eigenvalue weighted by Crippen LogP contribution is 2.31. The van der Waals surface area contributed by atoms with Gasteiger partial charge in [-0.1, -0.05) is 30.9 Å². The molecule has 0 atom stereocenters. The molecular weight excluding hydrogens is 366 g/mol. The van der Waals surface area contributed by atoms with E-state index in [0.29, 0.717) is 27.5 Å². The van der Waals surface area contributed by atoms with E-state index in [1.165, 1.54) is 17.2 Å². The lowest BCUT2D eigenvalue weighted by molar-refractivity contribution is 0.0549. The molecule has 0 radical (unpaired) electrons. The first-order valence-corrected chi connectivity index (χ1v) is 9.37. The number of imide groups is 1. The van der Waals surface area contributed by atoms with Gasteiger partial charge in [0.1, 0.15) is 5.82 Å². The van der Waals surface area contributed by atoms with Gasteiger partial charge in [0.05, 0.1) is 16.1 Å². The summed E-state index contributed by atoms with van der Waals surface area (Å²) in [5.41, 5.74) is 0.964. The summed E-state index contributed by atoms with van der Waals surface area (Å²) in [5.74, 6) is -0.602. The molecule has 6 nitrogen and oxygen atoms in total. The Hall–Kier alpha value is -2.73. The number of aromatic nitrogens is 1. The van der Waals surface area contributed by atoms with Crippen molar-refractivity contribution >= 4 is 35.1 Å². The van der Waals surface area contributed by atoms with Crippen LogP contribution < -0.4 is 5.32 Å². The minimum atomic E-state index is -0.399. The Balaban J connectivity index is 1.57. The third kappa shape index (κ3) is 3.32. The Labute approximate surface area is 161 Å². The number of nitrogens with one attached hydrogen (secondary N) is 1. The van der Waals surface area contributed by atoms with Crippen LogP contribution in [0.25, 0.3) is 0 Å². The van der Waals surface area contributed by atoms with Crippen molar-refractivity contribution in [2.24, 2.45) is 0 Å². The fourth-order valence-electron chi connectivity index (χ4n) is 3.71. The zero-order valence-corrected chi connectivity index (χ0v) is 15.3. The van der Waals surface area contributed by atoms with Crippen molar-refractivity contribution < 1.29 is 14.4 Å². The monoisotopic (exact) mass is 383 g/mol. The molecule has 0 bridgehead atoms. The molecule has 1 fully saturated rings. The van der Waals surface area contributed by atoms with Crippen molar-refractivity contribution in [2.75, 3.05) is 5.32 Å². The number of pyridine rings is 1. The number of benzene rings is 1. The van der Waals surface area contributed by atoms with Gasteiger partial charge in [0.15, 0.2) is 0 Å². The summed E-state index contributed by atoms with van der Waals surface area (Å²) in [5, 5.41) is 3.13. The highest BCUT2D eigenvalue weighted by molar-refractivity contribution is 6.30. The highest BCUT2D eigenvalue weighted by atomic mass is 35.5. The van der Waals surface area contributed by atoms with Crippen LogP contribution in [0.5, 0.6) is 0 Å². The minimum Gasteiger partial charge on any atom is -0.307 e. The van der Waals surface area contributed by atoms with Gasteiger partial charge in [0, 0.05) is 17.8 Å². The first-order valence-electron chi connectivity index (χ1n) is 8.99. The van der Waals surface area contributed by atoms with E-state index in [0.717, 1.165) is 32.1 Å². The lowest BCUT2D eigenvalue weighted by Crippen LogP contribution is -2.40. The predicted octanol–water partition coefficient (Wildman–Crippen LogP) is 3.92. The van der Waals surface area contributed by atoms with Gasteiger partial charge in [-0.2, -0.15) is 0 Å². The Bertz CT molecular complexity index is 921. The van der Waals surface area contributed by atoms with Crippen molar-refractivity contribution in [3.8, 4) is 0 Å². The third-order valence-electron chi connectivity index (χ3n) is 5.09. The molecule has 1 aliphatic heterocycles. The first-order chi connectivity index (χ1) is 13.0. The molecule has 7 heteroatoms. The lowest BCUT2D eigenvalue weighted by Gasteiger charge is -2.29. The molecule has 2 heterocycles. The second kappa shape index (κ2) is 7.12. The Morgan fingerprint density at radius 3 is 2.48 bits per heavy atom. The Morgan fingerprint density at radius 2 is 1.78 bits per heavy atom. The molecule has 0 spiro atoms. The van der Waals surface area contributed by atoms with Crippen molar-refractivity contribution in [1.82, 2.24) is 9.88 Å². The van der Waals surface area contributed by atoms with Crippen LogP contribution in [0.1, 0.15) is 63.2 Å². The number of rotatable bonds is 3. The van der Waals surface area contributed by atoms with E-state index >= 15 is 0 Å². The molecule has 1 aromatic carbocycles. The van der Waals surface area contributed by atoms with Crippen LogP contribution in [-0.2, 0) is 0 Å². The topological polar surface area (TPSA) is 79.4 Å². The molecule has 0 saturated heterocycles. The summed E-state index contributed by atoms with van der Waals surface area (Å²) in [4.78, 5) is 43.4. The van der Waals surface area contributed by atoms with E-state index in [1.807, 2.05) is 0 Å². The molecule has 1 aromatic heterocycles. The number of hydrogen-bond donors (Lipinski definition) is 1. The van der Waals surface area contributed by atoms with Crippen molar-refractivity contribution in [1.29, 1.82) is 0 Å². The maximum Gasteiger partial charge on any atom is 0.261 e. The van der Waals surface area contributed by atoms with Gasteiger partial charge >= 0.3 is 0 Å². The van der Waals surface area contributed by atoms with Gasteiger partial charge < -0.3 is 5.32 Å². The molecule has 1 aliphatic carbocycles. The van der Waals surface area contributed by atoms with Gasteiger partial charge in [0.2, 0.25) is 0 Å². The summed E-state index contributed by atoms with van der Waals surface area (Å²) in [6, 6.07) is 7.78. The zero-order valence-electron chi connectivity index (χ0n) is 14.6. The van der Waals surface area contributed by atoms with Gasteiger partial charge in [0.25, 0.3) is 17.7 Å². The maximum atomic E-state index is 12.8. The smallest absolute Gasteiger partial charge is 0.261 e. The van der Waals surface area contributed by atoms with Gasteiger partial charge in [-0.25, -0.2) is 4.98 Å². The quantitative estimate of drug-likeness (QED) is 0.815. The molecule has 138 valence electrons. The summed E-state index contributed by atoms with van der Waals surface area (Å²) in [6.07, 6.45) is 6.33. The van der Waals surface area contributed by atoms with Crippen LogP contribution in [0.15, 0.2) is 36.5 Å². The molecule has 0 unspecified atom stereocenters. The largest absolute Gasteiger partial charge is 0.307 e. The predicted molar refractivity (Wildman–Crippen MR) is 101 cm³/mol. The SMILES string of the molecule is O=C(Nc1ccc(Cl)cn1)c1ccc2c(c1)C(=O)N(C1CCCCC1)C2=O. The Morgan fingerprint density at radius 1 is 1.04 bits per heavy atom. The molecule has 1 N–H and O–H groups in total. The van der Waals surface area contributed by atoms with Crippen LogP contribution in [0.3, 0.4) is 0 Å². The van der Waals surface area contributed by atoms with Gasteiger partial charge in [-0.15, -0.1) is 0 Å². The standard InChI is InChI=1S/C20H18ClN3O3/c21-13-7-9-17(22-11-13)23-18(25)12-6-8-15-16(10-12)20(27)24(19(15)26)14-4-2-1-3-5-14/h6-11,14H,1-5H2,(H,22,23,25). The van der Waals surface area contributed by atoms with E-state index < -0.39 is 5.91 Å². The molecule has 1 saturated carbocycles. The second-order valence-electron chi connectivity index (χ2n) is 6.85. The average Bonchev–Trinajstić information content (AvgIpc) is 2.94. The van der Waals surface area contributed by atoms with Gasteiger partial charge in [-0.05, 0) is 43.2 Å². The van der Waals surface area contributed by atoms with E-state index in [9.17, 15) is 14.4 Å². The number of carbonyl (C=O) groups is 3. The second-order valence-corrected chi connectivity index (χ2v) is 7.28. The fourth-order valence-corrected chi connectivity index (χ4v) is 3.82. The van der Waals surface area contributed by atoms with E-state index in [1.54, 1.807) is 24.3 Å². The zero-order chi connectivity index (χ0) is 19.0. The molecule has 4 rings (SSSR count). The van der Waals surface area contributed by atoms with Crippen LogP contribution in [0, 0.1) is 0 Å². The normalized spacial score (nSPS) is 17.1. The third-order valence-corrected chi connectivity index (χ3v) is 5.31. The van der Waals surface area contributed by atoms with Crippen molar-refractivity contribution in [2.45, 2.75) is 38.1 Å². The highest BCUT2D eigenvalue weighted by Gasteiger charge is 2.40. The number of nitrogens with zero attached hydrogens (tertiary/aromatic N) is 2. The number of amides is 3. The molecule has 3 amide bonds. The lowest BCUT2D eigenvalue weighted by atomic mass is 9.94. The molecule has 2 aliphatic rings. The van der Waals surface area contributed by atoms with Crippen molar-refractivity contribution in [3.05, 3.63) is 58.2 Å². The summed E-state index contributed by atoms with van der Waals surface area (Å²) in [7, 11) is 0. The summed E-state index contributed by atoms with van der Waals surface area (Å²) in [6.45, 7) is 0. The number of carbonyl (C=O) groups excluding carboxylic acids is 3. The Kier molecular flexibility index (Phi) is 4.66. The van der Waals surface area contributed by atoms with Crippen molar-refractivity contribution in [3.63, 3.8) is 0 Å². The van der Waals surface area contributed by atoms with E-state index in [4.69, 9.17) is 11.6 Å². The average molecular weight is 384 g/mol. The molecular formula is C20H18ClN3O3. The van der Waals surface area contributed by atoms with Crippen LogP contribution >= 0.6 is 11.6 Å². The fraction of sp³-hybridized carbons (Fsp3) is 0.300. The molecule has 27 heavy (non-hydrogen) atoms. The number of halogens is 1.